The molecule has 0 bridgehead atoms. The largest absolute Gasteiger partial charge is 0.380 e. The van der Waals surface area contributed by atoms with Gasteiger partial charge in [-0.3, -0.25) is 9.48 Å². The standard InChI is InChI=1S/C23H24ClN3O2/c1-16-20(17(2)27(26-16)14-18-8-4-6-10-21(18)24)12-13-23(28)25-22-11-7-5-9-19(22)15-29-3/h4-13H,14-15H2,1-3H3,(H,25,28)/b13-12+. The van der Waals surface area contributed by atoms with Gasteiger partial charge in [-0.1, -0.05) is 48.0 Å². The molecule has 0 aliphatic carbocycles. The summed E-state index contributed by atoms with van der Waals surface area (Å²) in [4.78, 5) is 12.4. The first-order chi connectivity index (χ1) is 14.0. The molecule has 0 saturated heterocycles. The van der Waals surface area contributed by atoms with Gasteiger partial charge in [0.25, 0.3) is 0 Å². The lowest BCUT2D eigenvalue weighted by molar-refractivity contribution is -0.111. The fourth-order valence-electron chi connectivity index (χ4n) is 3.15. The maximum Gasteiger partial charge on any atom is 0.248 e. The van der Waals surface area contributed by atoms with Crippen LogP contribution in [0.5, 0.6) is 0 Å². The van der Waals surface area contributed by atoms with Crippen LogP contribution in [0.25, 0.3) is 6.08 Å². The molecule has 0 aliphatic rings. The Morgan fingerprint density at radius 3 is 2.55 bits per heavy atom. The van der Waals surface area contributed by atoms with Gasteiger partial charge in [-0.25, -0.2) is 0 Å². The highest BCUT2D eigenvalue weighted by molar-refractivity contribution is 6.31. The first-order valence-electron chi connectivity index (χ1n) is 9.33. The minimum absolute atomic E-state index is 0.203. The zero-order valence-corrected chi connectivity index (χ0v) is 17.5. The normalized spacial score (nSPS) is 11.2. The summed E-state index contributed by atoms with van der Waals surface area (Å²) in [5.41, 5.74) is 5.44. The molecular weight excluding hydrogens is 386 g/mol. The number of para-hydroxylation sites is 1. The lowest BCUT2D eigenvalue weighted by Crippen LogP contribution is -2.10. The molecule has 6 heteroatoms. The molecule has 1 N–H and O–H groups in total. The molecule has 3 rings (SSSR count). The Morgan fingerprint density at radius 2 is 1.83 bits per heavy atom. The van der Waals surface area contributed by atoms with Crippen molar-refractivity contribution in [3.8, 4) is 0 Å². The number of nitrogens with one attached hydrogen (secondary N) is 1. The van der Waals surface area contributed by atoms with Crippen LogP contribution in [0.1, 0.15) is 28.1 Å². The number of hydrogen-bond donors (Lipinski definition) is 1. The minimum atomic E-state index is -0.203. The Balaban J connectivity index is 1.75. The van der Waals surface area contributed by atoms with E-state index in [4.69, 9.17) is 16.3 Å². The number of aryl methyl sites for hydroxylation is 1. The number of carbonyl (C=O) groups is 1. The van der Waals surface area contributed by atoms with Crippen LogP contribution in [0.2, 0.25) is 5.02 Å². The minimum Gasteiger partial charge on any atom is -0.380 e. The summed E-state index contributed by atoms with van der Waals surface area (Å²) in [5, 5.41) is 8.23. The van der Waals surface area contributed by atoms with E-state index in [9.17, 15) is 4.79 Å². The molecule has 5 nitrogen and oxygen atoms in total. The van der Waals surface area contributed by atoms with E-state index >= 15 is 0 Å². The number of carbonyl (C=O) groups excluding carboxylic acids is 1. The molecular formula is C23H24ClN3O2. The second-order valence-corrected chi connectivity index (χ2v) is 7.15. The summed E-state index contributed by atoms with van der Waals surface area (Å²) in [7, 11) is 1.63. The van der Waals surface area contributed by atoms with Crippen molar-refractivity contribution in [1.82, 2.24) is 9.78 Å². The number of anilines is 1. The van der Waals surface area contributed by atoms with Gasteiger partial charge in [-0.05, 0) is 37.6 Å². The number of amides is 1. The average Bonchev–Trinajstić information content (AvgIpc) is 2.96. The highest BCUT2D eigenvalue weighted by Gasteiger charge is 2.11. The molecule has 0 unspecified atom stereocenters. The third-order valence-electron chi connectivity index (χ3n) is 4.69. The van der Waals surface area contributed by atoms with Gasteiger partial charge < -0.3 is 10.1 Å². The molecule has 29 heavy (non-hydrogen) atoms. The van der Waals surface area contributed by atoms with E-state index in [1.54, 1.807) is 13.2 Å². The Hall–Kier alpha value is -2.89. The second-order valence-electron chi connectivity index (χ2n) is 6.75. The fourth-order valence-corrected chi connectivity index (χ4v) is 3.35. The predicted octanol–water partition coefficient (Wildman–Crippen LogP) is 5.00. The summed E-state index contributed by atoms with van der Waals surface area (Å²) >= 11 is 6.27. The number of hydrogen-bond acceptors (Lipinski definition) is 3. The van der Waals surface area contributed by atoms with Crippen LogP contribution in [0.3, 0.4) is 0 Å². The maximum atomic E-state index is 12.4. The van der Waals surface area contributed by atoms with Crippen molar-refractivity contribution < 1.29 is 9.53 Å². The number of ether oxygens (including phenoxy) is 1. The molecule has 0 saturated carbocycles. The summed E-state index contributed by atoms with van der Waals surface area (Å²) in [5.74, 6) is -0.203. The molecule has 0 radical (unpaired) electrons. The number of aromatic nitrogens is 2. The Labute approximate surface area is 176 Å². The van der Waals surface area contributed by atoms with Crippen LogP contribution in [-0.2, 0) is 22.7 Å². The van der Waals surface area contributed by atoms with Gasteiger partial charge in [0, 0.05) is 40.7 Å². The quantitative estimate of drug-likeness (QED) is 0.558. The average molecular weight is 410 g/mol. The summed E-state index contributed by atoms with van der Waals surface area (Å²) in [6.07, 6.45) is 3.33. The lowest BCUT2D eigenvalue weighted by atomic mass is 10.1. The Bertz CT molecular complexity index is 1040. The number of rotatable bonds is 7. The van der Waals surface area contributed by atoms with Gasteiger partial charge in [0.2, 0.25) is 5.91 Å². The van der Waals surface area contributed by atoms with Crippen molar-refractivity contribution in [3.05, 3.63) is 87.7 Å². The van der Waals surface area contributed by atoms with Crippen LogP contribution in [0, 0.1) is 13.8 Å². The molecule has 2 aromatic carbocycles. The SMILES string of the molecule is COCc1ccccc1NC(=O)/C=C/c1c(C)nn(Cc2ccccc2Cl)c1C. The van der Waals surface area contributed by atoms with Gasteiger partial charge in [-0.2, -0.15) is 5.10 Å². The third kappa shape index (κ3) is 5.13. The lowest BCUT2D eigenvalue weighted by Gasteiger charge is -2.08. The first kappa shape index (κ1) is 20.8. The number of halogens is 1. The summed E-state index contributed by atoms with van der Waals surface area (Å²) in [6, 6.07) is 15.3. The predicted molar refractivity (Wildman–Crippen MR) is 117 cm³/mol. The van der Waals surface area contributed by atoms with Crippen molar-refractivity contribution in [2.75, 3.05) is 12.4 Å². The van der Waals surface area contributed by atoms with Crippen LogP contribution in [-0.4, -0.2) is 22.8 Å². The Morgan fingerprint density at radius 1 is 1.14 bits per heavy atom. The Kier molecular flexibility index (Phi) is 6.86. The third-order valence-corrected chi connectivity index (χ3v) is 5.06. The van der Waals surface area contributed by atoms with Crippen molar-refractivity contribution in [3.63, 3.8) is 0 Å². The van der Waals surface area contributed by atoms with E-state index in [0.29, 0.717) is 18.2 Å². The summed E-state index contributed by atoms with van der Waals surface area (Å²) < 4.78 is 7.09. The summed E-state index contributed by atoms with van der Waals surface area (Å²) in [6.45, 7) is 4.94. The molecule has 3 aromatic rings. The van der Waals surface area contributed by atoms with E-state index in [1.807, 2.05) is 67.1 Å². The van der Waals surface area contributed by atoms with E-state index in [0.717, 1.165) is 33.8 Å². The highest BCUT2D eigenvalue weighted by atomic mass is 35.5. The number of methoxy groups -OCH3 is 1. The van der Waals surface area contributed by atoms with Crippen LogP contribution in [0.15, 0.2) is 54.6 Å². The van der Waals surface area contributed by atoms with E-state index in [1.165, 1.54) is 6.08 Å². The van der Waals surface area contributed by atoms with Crippen molar-refractivity contribution in [1.29, 1.82) is 0 Å². The number of benzene rings is 2. The highest BCUT2D eigenvalue weighted by Crippen LogP contribution is 2.21. The van der Waals surface area contributed by atoms with Gasteiger partial charge in [0.15, 0.2) is 0 Å². The van der Waals surface area contributed by atoms with Crippen LogP contribution < -0.4 is 5.32 Å². The smallest absolute Gasteiger partial charge is 0.248 e. The number of nitrogens with zero attached hydrogens (tertiary/aromatic N) is 2. The van der Waals surface area contributed by atoms with Gasteiger partial charge in [0.1, 0.15) is 0 Å². The van der Waals surface area contributed by atoms with Crippen molar-refractivity contribution in [2.45, 2.75) is 27.0 Å². The van der Waals surface area contributed by atoms with Crippen LogP contribution in [0.4, 0.5) is 5.69 Å². The van der Waals surface area contributed by atoms with E-state index in [-0.39, 0.29) is 5.91 Å². The zero-order chi connectivity index (χ0) is 20.8. The molecule has 0 aliphatic heterocycles. The van der Waals surface area contributed by atoms with Crippen LogP contribution >= 0.6 is 11.6 Å². The molecule has 1 amide bonds. The van der Waals surface area contributed by atoms with Gasteiger partial charge in [0.05, 0.1) is 18.8 Å². The van der Waals surface area contributed by atoms with E-state index < -0.39 is 0 Å². The molecule has 0 atom stereocenters. The molecule has 1 aromatic heterocycles. The molecule has 1 heterocycles. The van der Waals surface area contributed by atoms with E-state index in [2.05, 4.69) is 10.4 Å². The van der Waals surface area contributed by atoms with Gasteiger partial charge >= 0.3 is 0 Å². The van der Waals surface area contributed by atoms with Crippen molar-refractivity contribution in [2.24, 2.45) is 0 Å². The first-order valence-corrected chi connectivity index (χ1v) is 9.70. The molecule has 150 valence electrons. The van der Waals surface area contributed by atoms with Gasteiger partial charge in [-0.15, -0.1) is 0 Å². The second kappa shape index (κ2) is 9.54. The van der Waals surface area contributed by atoms with Crippen molar-refractivity contribution >= 4 is 29.3 Å². The fraction of sp³-hybridized carbons (Fsp3) is 0.217. The topological polar surface area (TPSA) is 56.1 Å². The zero-order valence-electron chi connectivity index (χ0n) is 16.8. The monoisotopic (exact) mass is 409 g/mol. The molecule has 0 fully saturated rings. The molecule has 0 spiro atoms. The maximum absolute atomic E-state index is 12.4.